The van der Waals surface area contributed by atoms with E-state index in [1.54, 1.807) is 0 Å². The first-order chi connectivity index (χ1) is 9.35. The van der Waals surface area contributed by atoms with Crippen LogP contribution in [0.4, 0.5) is 0 Å². The van der Waals surface area contributed by atoms with Gasteiger partial charge < -0.3 is 15.2 Å². The molecule has 0 amide bonds. The van der Waals surface area contributed by atoms with Crippen molar-refractivity contribution >= 4 is 0 Å². The third-order valence-electron chi connectivity index (χ3n) is 3.69. The van der Waals surface area contributed by atoms with E-state index in [9.17, 15) is 5.11 Å². The van der Waals surface area contributed by atoms with Crippen molar-refractivity contribution in [3.63, 3.8) is 0 Å². The molecule has 0 saturated carbocycles. The Kier molecular flexibility index (Phi) is 6.90. The van der Waals surface area contributed by atoms with Gasteiger partial charge in [0.05, 0.1) is 24.9 Å². The van der Waals surface area contributed by atoms with E-state index in [4.69, 9.17) is 10.00 Å². The summed E-state index contributed by atoms with van der Waals surface area (Å²) >= 11 is 0. The minimum atomic E-state index is -0.733. The average molecular weight is 283 g/mol. The third-order valence-corrected chi connectivity index (χ3v) is 3.69. The normalized spacial score (nSPS) is 20.4. The van der Waals surface area contributed by atoms with Crippen LogP contribution in [-0.4, -0.2) is 61.5 Å². The lowest BCUT2D eigenvalue weighted by molar-refractivity contribution is -0.0225. The summed E-state index contributed by atoms with van der Waals surface area (Å²) in [5.41, 5.74) is -0.645. The zero-order valence-electron chi connectivity index (χ0n) is 13.1. The van der Waals surface area contributed by atoms with Gasteiger partial charge in [-0.05, 0) is 18.8 Å². The number of nitrogens with one attached hydrogen (secondary N) is 1. The molecule has 5 heteroatoms. The molecule has 0 spiro atoms. The van der Waals surface area contributed by atoms with Crippen LogP contribution in [0.5, 0.6) is 0 Å². The third kappa shape index (κ3) is 7.20. The minimum absolute atomic E-state index is 0.0881. The monoisotopic (exact) mass is 283 g/mol. The standard InChI is InChI=1S/C15H29N3O2/c1-14(2,5-4-6-16)11-17-12-15(3,19)13-18-7-9-20-10-8-18/h17,19H,4-5,7-13H2,1-3H3. The van der Waals surface area contributed by atoms with Crippen molar-refractivity contribution in [2.24, 2.45) is 5.41 Å². The Hall–Kier alpha value is -0.670. The van der Waals surface area contributed by atoms with Gasteiger partial charge in [-0.3, -0.25) is 4.90 Å². The van der Waals surface area contributed by atoms with Crippen molar-refractivity contribution in [2.45, 2.75) is 39.2 Å². The number of morpholine rings is 1. The fourth-order valence-electron chi connectivity index (χ4n) is 2.45. The molecule has 1 unspecified atom stereocenters. The predicted octanol–water partition coefficient (Wildman–Crippen LogP) is 0.989. The first-order valence-corrected chi connectivity index (χ1v) is 7.45. The van der Waals surface area contributed by atoms with Gasteiger partial charge in [0.15, 0.2) is 0 Å². The number of β-amino-alcohol motifs (C(OH)–C–C–N with tert-alkyl or cyclic N) is 1. The maximum Gasteiger partial charge on any atom is 0.0869 e. The molecule has 1 fully saturated rings. The fraction of sp³-hybridized carbons (Fsp3) is 0.933. The van der Waals surface area contributed by atoms with Gasteiger partial charge in [-0.25, -0.2) is 0 Å². The highest BCUT2D eigenvalue weighted by molar-refractivity contribution is 4.84. The largest absolute Gasteiger partial charge is 0.388 e. The van der Waals surface area contributed by atoms with Gasteiger partial charge in [0.2, 0.25) is 0 Å². The zero-order valence-corrected chi connectivity index (χ0v) is 13.1. The summed E-state index contributed by atoms with van der Waals surface area (Å²) < 4.78 is 5.31. The van der Waals surface area contributed by atoms with E-state index in [1.807, 2.05) is 6.92 Å². The van der Waals surface area contributed by atoms with Gasteiger partial charge in [0, 0.05) is 39.1 Å². The van der Waals surface area contributed by atoms with Crippen LogP contribution < -0.4 is 5.32 Å². The maximum atomic E-state index is 10.4. The van der Waals surface area contributed by atoms with Gasteiger partial charge in [0.25, 0.3) is 0 Å². The van der Waals surface area contributed by atoms with Crippen molar-refractivity contribution in [2.75, 3.05) is 45.9 Å². The molecule has 0 radical (unpaired) electrons. The smallest absolute Gasteiger partial charge is 0.0869 e. The van der Waals surface area contributed by atoms with E-state index < -0.39 is 5.60 Å². The second kappa shape index (κ2) is 7.94. The summed E-state index contributed by atoms with van der Waals surface area (Å²) in [5, 5.41) is 22.4. The van der Waals surface area contributed by atoms with E-state index in [1.165, 1.54) is 0 Å². The molecule has 1 rings (SSSR count). The van der Waals surface area contributed by atoms with Gasteiger partial charge in [-0.1, -0.05) is 13.8 Å². The van der Waals surface area contributed by atoms with Crippen LogP contribution in [-0.2, 0) is 4.74 Å². The summed E-state index contributed by atoms with van der Waals surface area (Å²) in [6.45, 7) is 11.5. The molecule has 1 aliphatic heterocycles. The Morgan fingerprint density at radius 3 is 2.50 bits per heavy atom. The van der Waals surface area contributed by atoms with Gasteiger partial charge >= 0.3 is 0 Å². The number of nitriles is 1. The summed E-state index contributed by atoms with van der Waals surface area (Å²) in [4.78, 5) is 2.24. The number of nitrogens with zero attached hydrogens (tertiary/aromatic N) is 2. The van der Waals surface area contributed by atoms with Crippen LogP contribution >= 0.6 is 0 Å². The molecule has 0 aromatic carbocycles. The summed E-state index contributed by atoms with van der Waals surface area (Å²) in [6.07, 6.45) is 1.46. The SMILES string of the molecule is CC(C)(CCC#N)CNCC(C)(O)CN1CCOCC1. The van der Waals surface area contributed by atoms with Crippen LogP contribution in [0.2, 0.25) is 0 Å². The Morgan fingerprint density at radius 2 is 1.90 bits per heavy atom. The van der Waals surface area contributed by atoms with Crippen molar-refractivity contribution in [3.05, 3.63) is 0 Å². The first kappa shape index (κ1) is 17.4. The Morgan fingerprint density at radius 1 is 1.25 bits per heavy atom. The van der Waals surface area contributed by atoms with Crippen molar-refractivity contribution in [3.8, 4) is 6.07 Å². The van der Waals surface area contributed by atoms with E-state index in [2.05, 4.69) is 30.1 Å². The minimum Gasteiger partial charge on any atom is -0.388 e. The number of hydrogen-bond acceptors (Lipinski definition) is 5. The van der Waals surface area contributed by atoms with Gasteiger partial charge in [-0.15, -0.1) is 0 Å². The lowest BCUT2D eigenvalue weighted by Gasteiger charge is -2.35. The zero-order chi connectivity index (χ0) is 15.1. The molecule has 1 aliphatic rings. The van der Waals surface area contributed by atoms with Crippen LogP contribution in [0.1, 0.15) is 33.6 Å². The molecular weight excluding hydrogens is 254 g/mol. The molecule has 0 aliphatic carbocycles. The number of hydrogen-bond donors (Lipinski definition) is 2. The quantitative estimate of drug-likeness (QED) is 0.695. The molecule has 0 aromatic rings. The fourth-order valence-corrected chi connectivity index (χ4v) is 2.45. The van der Waals surface area contributed by atoms with E-state index >= 15 is 0 Å². The van der Waals surface area contributed by atoms with Crippen molar-refractivity contribution in [1.29, 1.82) is 5.26 Å². The molecule has 116 valence electrons. The molecule has 5 nitrogen and oxygen atoms in total. The number of rotatable bonds is 8. The summed E-state index contributed by atoms with van der Waals surface area (Å²) in [5.74, 6) is 0. The highest BCUT2D eigenvalue weighted by Gasteiger charge is 2.26. The topological polar surface area (TPSA) is 68.5 Å². The summed E-state index contributed by atoms with van der Waals surface area (Å²) in [6, 6.07) is 2.19. The van der Waals surface area contributed by atoms with Crippen LogP contribution in [0, 0.1) is 16.7 Å². The lowest BCUT2D eigenvalue weighted by atomic mass is 9.88. The van der Waals surface area contributed by atoms with E-state index in [0.717, 1.165) is 39.3 Å². The van der Waals surface area contributed by atoms with E-state index in [-0.39, 0.29) is 5.41 Å². The molecule has 1 atom stereocenters. The highest BCUT2D eigenvalue weighted by Crippen LogP contribution is 2.20. The van der Waals surface area contributed by atoms with Gasteiger partial charge in [-0.2, -0.15) is 5.26 Å². The van der Waals surface area contributed by atoms with Crippen LogP contribution in [0.25, 0.3) is 0 Å². The molecular formula is C15H29N3O2. The molecule has 1 heterocycles. The van der Waals surface area contributed by atoms with Crippen LogP contribution in [0.3, 0.4) is 0 Å². The van der Waals surface area contributed by atoms with Crippen LogP contribution in [0.15, 0.2) is 0 Å². The molecule has 1 saturated heterocycles. The number of aliphatic hydroxyl groups is 1. The van der Waals surface area contributed by atoms with Crippen molar-refractivity contribution < 1.29 is 9.84 Å². The number of ether oxygens (including phenoxy) is 1. The molecule has 0 aromatic heterocycles. The average Bonchev–Trinajstić information content (AvgIpc) is 2.36. The molecule has 2 N–H and O–H groups in total. The Bertz CT molecular complexity index is 318. The highest BCUT2D eigenvalue weighted by atomic mass is 16.5. The van der Waals surface area contributed by atoms with Crippen molar-refractivity contribution in [1.82, 2.24) is 10.2 Å². The Labute approximate surface area is 122 Å². The maximum absolute atomic E-state index is 10.4. The van der Waals surface area contributed by atoms with Gasteiger partial charge in [0.1, 0.15) is 0 Å². The molecule has 0 bridgehead atoms. The predicted molar refractivity (Wildman–Crippen MR) is 79.4 cm³/mol. The Balaban J connectivity index is 2.26. The molecule has 20 heavy (non-hydrogen) atoms. The lowest BCUT2D eigenvalue weighted by Crippen LogP contribution is -2.51. The first-order valence-electron chi connectivity index (χ1n) is 7.45. The second-order valence-corrected chi connectivity index (χ2v) is 6.81. The summed E-state index contributed by atoms with van der Waals surface area (Å²) in [7, 11) is 0. The second-order valence-electron chi connectivity index (χ2n) is 6.81. The van der Waals surface area contributed by atoms with E-state index in [0.29, 0.717) is 19.5 Å².